The van der Waals surface area contributed by atoms with Crippen LogP contribution in [0.3, 0.4) is 0 Å². The van der Waals surface area contributed by atoms with E-state index < -0.39 is 0 Å². The van der Waals surface area contributed by atoms with Gasteiger partial charge >= 0.3 is 35.7 Å². The van der Waals surface area contributed by atoms with E-state index in [2.05, 4.69) is 0 Å². The van der Waals surface area contributed by atoms with Gasteiger partial charge in [0.2, 0.25) is 0 Å². The molecule has 5 heavy (non-hydrogen) atoms. The van der Waals surface area contributed by atoms with E-state index in [0.717, 1.165) is 0 Å². The molecular weight excluding hydrogens is 294 g/mol. The van der Waals surface area contributed by atoms with Gasteiger partial charge in [-0.25, -0.2) is 0 Å². The molecule has 2 nitrogen and oxygen atoms in total. The zero-order valence-electron chi connectivity index (χ0n) is 2.39. The second kappa shape index (κ2) is 50.0. The second-order valence-electron chi connectivity index (χ2n) is 0. The van der Waals surface area contributed by atoms with Gasteiger partial charge in [-0.15, -0.1) is 0 Å². The van der Waals surface area contributed by atoms with Crippen molar-refractivity contribution in [3.05, 3.63) is 0 Å². The van der Waals surface area contributed by atoms with Gasteiger partial charge in [0, 0.05) is 25.8 Å². The third kappa shape index (κ3) is 30.2. The fourth-order valence-corrected chi connectivity index (χ4v) is 0. The molecule has 0 saturated heterocycles. The summed E-state index contributed by atoms with van der Waals surface area (Å²) in [5.41, 5.74) is 0. The second-order valence-corrected chi connectivity index (χ2v) is 0. The van der Waals surface area contributed by atoms with Gasteiger partial charge in [-0.1, -0.05) is 0 Å². The molecule has 0 aromatic heterocycles. The molecule has 0 amide bonds. The predicted molar refractivity (Wildman–Crippen MR) is 18.6 cm³/mol. The first-order valence-corrected chi connectivity index (χ1v) is 1.98. The van der Waals surface area contributed by atoms with Crippen LogP contribution in [0.1, 0.15) is 0 Å². The summed E-state index contributed by atoms with van der Waals surface area (Å²) in [5, 5.41) is 0. The van der Waals surface area contributed by atoms with Gasteiger partial charge in [-0.3, -0.25) is 0 Å². The van der Waals surface area contributed by atoms with E-state index in [1.165, 1.54) is 0 Å². The van der Waals surface area contributed by atoms with E-state index in [0.29, 0.717) is 22.5 Å². The first kappa shape index (κ1) is 16.1. The molecule has 23 valence electrons. The maximum atomic E-state index is 8.34. The Morgan fingerprint density at radius 2 is 1.20 bits per heavy atom. The molecule has 0 N–H and O–H groups in total. The summed E-state index contributed by atoms with van der Waals surface area (Å²) in [5.74, 6) is 0. The van der Waals surface area contributed by atoms with Crippen LogP contribution in [0.5, 0.6) is 0 Å². The molecule has 0 atom stereocenters. The first-order valence-electron chi connectivity index (χ1n) is 0.408. The van der Waals surface area contributed by atoms with Gasteiger partial charge < -0.3 is 4.46 Å². The molecule has 0 aliphatic rings. The molecule has 0 fully saturated rings. The van der Waals surface area contributed by atoms with Crippen molar-refractivity contribution in [2.75, 3.05) is 0 Å². The minimum absolute atomic E-state index is 0. The van der Waals surface area contributed by atoms with Crippen molar-refractivity contribution >= 4 is 58.5 Å². The Labute approximate surface area is 65.4 Å². The van der Waals surface area contributed by atoms with Crippen molar-refractivity contribution in [3.8, 4) is 0 Å². The Bertz CT molecular complexity index is 11.6. The Morgan fingerprint density at radius 1 is 1.20 bits per heavy atom. The Hall–Kier alpha value is 1.49. The molecule has 0 rings (SSSR count). The zero-order chi connectivity index (χ0) is 4.00. The summed E-state index contributed by atoms with van der Waals surface area (Å²) >= 11 is 0.300. The van der Waals surface area contributed by atoms with Crippen LogP contribution in [0.15, 0.2) is 0 Å². The molecule has 0 unspecified atom stereocenters. The predicted octanol–water partition coefficient (Wildman–Crippen LogP) is -1.38. The van der Waals surface area contributed by atoms with Crippen molar-refractivity contribution in [2.45, 2.75) is 0 Å². The minimum atomic E-state index is 0. The Morgan fingerprint density at radius 3 is 1.20 bits per heavy atom. The quantitative estimate of drug-likeness (QED) is 0.516. The van der Waals surface area contributed by atoms with Crippen LogP contribution in [0, 0.1) is 0 Å². The fraction of sp³-hybridized carbons (Fsp3) is 0. The zero-order valence-corrected chi connectivity index (χ0v) is 9.54. The van der Waals surface area contributed by atoms with Gasteiger partial charge in [-0.2, -0.15) is 0 Å². The summed E-state index contributed by atoms with van der Waals surface area (Å²) in [6, 6.07) is 0. The van der Waals surface area contributed by atoms with E-state index in [4.69, 9.17) is 7.54 Å². The standard InChI is InChI=1S/In.OSi.O.Sn/c;1-2;;. The van der Waals surface area contributed by atoms with Crippen LogP contribution in [0.2, 0.25) is 0 Å². The number of rotatable bonds is 0. The van der Waals surface area contributed by atoms with Gasteiger partial charge in [0.1, 0.15) is 0 Å². The molecule has 5 heteroatoms. The van der Waals surface area contributed by atoms with Gasteiger partial charge in [0.15, 0.2) is 0 Å². The Balaban J connectivity index is -0.0000000133. The third-order valence-corrected chi connectivity index (χ3v) is 0. The summed E-state index contributed by atoms with van der Waals surface area (Å²) in [4.78, 5) is 0. The molecule has 0 spiro atoms. The molecule has 0 aromatic rings. The molecule has 0 aliphatic carbocycles. The summed E-state index contributed by atoms with van der Waals surface area (Å²) < 4.78 is 16.4. The molecule has 0 saturated carbocycles. The molecule has 0 heterocycles. The van der Waals surface area contributed by atoms with Gasteiger partial charge in [0.25, 0.3) is 0 Å². The van der Waals surface area contributed by atoms with Crippen LogP contribution >= 0.6 is 0 Å². The van der Waals surface area contributed by atoms with Crippen molar-refractivity contribution in [1.29, 1.82) is 0 Å². The van der Waals surface area contributed by atoms with Gasteiger partial charge in [0.05, 0.1) is 0 Å². The van der Waals surface area contributed by atoms with E-state index >= 15 is 0 Å². The van der Waals surface area contributed by atoms with E-state index in [9.17, 15) is 0 Å². The van der Waals surface area contributed by atoms with Crippen LogP contribution in [0.4, 0.5) is 0 Å². The van der Waals surface area contributed by atoms with E-state index in [1.54, 1.807) is 10.1 Å². The van der Waals surface area contributed by atoms with Crippen molar-refractivity contribution in [3.63, 3.8) is 0 Å². The summed E-state index contributed by atoms with van der Waals surface area (Å²) in [6.45, 7) is 0. The first-order chi connectivity index (χ1) is 2.00. The van der Waals surface area contributed by atoms with Gasteiger partial charge in [-0.05, 0) is 0 Å². The van der Waals surface area contributed by atoms with Crippen molar-refractivity contribution < 1.29 is 7.54 Å². The molecule has 0 bridgehead atoms. The normalized spacial score (nSPS) is 1.60. The Kier molecular flexibility index (Phi) is 161. The summed E-state index contributed by atoms with van der Waals surface area (Å²) in [6.07, 6.45) is 0. The van der Waals surface area contributed by atoms with Crippen molar-refractivity contribution in [2.24, 2.45) is 0 Å². The number of hydrogen-bond acceptors (Lipinski definition) is 2. The van der Waals surface area contributed by atoms with Crippen LogP contribution in [-0.4, -0.2) is 58.5 Å². The van der Waals surface area contributed by atoms with E-state index in [-0.39, 0.29) is 25.8 Å². The molecule has 7 radical (unpaired) electrons. The van der Waals surface area contributed by atoms with Crippen LogP contribution in [0.25, 0.3) is 0 Å². The fourth-order valence-electron chi connectivity index (χ4n) is 0. The number of hydrogen-bond donors (Lipinski definition) is 0. The molecular formula is InO2SiSn. The summed E-state index contributed by atoms with van der Waals surface area (Å²) in [7, 11) is 1.72. The SMILES string of the molecule is O=[Si].[In].[O]=[Sn]. The van der Waals surface area contributed by atoms with Crippen LogP contribution < -0.4 is 0 Å². The topological polar surface area (TPSA) is 34.1 Å². The molecule has 0 aliphatic heterocycles. The average Bonchev–Trinajstić information content (AvgIpc) is 1.50. The molecule has 0 aromatic carbocycles. The van der Waals surface area contributed by atoms with Crippen LogP contribution in [-0.2, 0) is 7.54 Å². The van der Waals surface area contributed by atoms with Crippen molar-refractivity contribution in [1.82, 2.24) is 0 Å². The third-order valence-electron chi connectivity index (χ3n) is 0. The monoisotopic (exact) mass is 295 g/mol. The van der Waals surface area contributed by atoms with E-state index in [1.807, 2.05) is 0 Å². The maximum absolute atomic E-state index is 8.34. The average molecular weight is 294 g/mol.